The first-order valence-electron chi connectivity index (χ1n) is 9.83. The molecule has 2 heterocycles. The number of ether oxygens (including phenoxy) is 1. The summed E-state index contributed by atoms with van der Waals surface area (Å²) in [7, 11) is 1.64. The number of carbonyl (C=O) groups is 2. The summed E-state index contributed by atoms with van der Waals surface area (Å²) in [6.45, 7) is 4.82. The van der Waals surface area contributed by atoms with E-state index < -0.39 is 0 Å². The maximum absolute atomic E-state index is 12.9. The molecule has 2 N–H and O–H groups in total. The van der Waals surface area contributed by atoms with Gasteiger partial charge in [0.1, 0.15) is 11.5 Å². The van der Waals surface area contributed by atoms with Gasteiger partial charge < -0.3 is 15.4 Å². The van der Waals surface area contributed by atoms with Gasteiger partial charge in [-0.3, -0.25) is 14.3 Å². The third kappa shape index (κ3) is 4.99. The van der Waals surface area contributed by atoms with Gasteiger partial charge in [-0.25, -0.2) is 0 Å². The highest BCUT2D eigenvalue weighted by molar-refractivity contribution is 7.17. The highest BCUT2D eigenvalue weighted by Gasteiger charge is 2.26. The lowest BCUT2D eigenvalue weighted by atomic mass is 9.95. The third-order valence-electron chi connectivity index (χ3n) is 5.05. The fourth-order valence-corrected chi connectivity index (χ4v) is 4.97. The number of anilines is 1. The van der Waals surface area contributed by atoms with E-state index in [1.54, 1.807) is 11.8 Å². The summed E-state index contributed by atoms with van der Waals surface area (Å²) in [4.78, 5) is 26.8. The summed E-state index contributed by atoms with van der Waals surface area (Å²) >= 11 is 7.69. The number of nitrogens with one attached hydrogen (secondary N) is 2. The second kappa shape index (κ2) is 9.73. The Labute approximate surface area is 179 Å². The van der Waals surface area contributed by atoms with Crippen LogP contribution in [0.4, 0.5) is 5.00 Å². The Balaban J connectivity index is 1.77. The van der Waals surface area contributed by atoms with Crippen LogP contribution in [0, 0.1) is 13.8 Å². The van der Waals surface area contributed by atoms with Gasteiger partial charge in [0, 0.05) is 25.1 Å². The molecule has 0 fully saturated rings. The van der Waals surface area contributed by atoms with Crippen LogP contribution in [0.3, 0.4) is 0 Å². The highest BCUT2D eigenvalue weighted by atomic mass is 35.5. The van der Waals surface area contributed by atoms with Crippen molar-refractivity contribution in [2.24, 2.45) is 0 Å². The number of fused-ring (bicyclic) bond motifs is 1. The summed E-state index contributed by atoms with van der Waals surface area (Å²) in [5, 5.41) is 11.4. The lowest BCUT2D eigenvalue weighted by Crippen LogP contribution is -2.28. The normalized spacial score (nSPS) is 13.2. The number of hydrogen-bond donors (Lipinski definition) is 2. The van der Waals surface area contributed by atoms with E-state index in [1.165, 1.54) is 16.2 Å². The van der Waals surface area contributed by atoms with Crippen LogP contribution < -0.4 is 10.6 Å². The number of halogens is 1. The van der Waals surface area contributed by atoms with E-state index in [9.17, 15) is 9.59 Å². The summed E-state index contributed by atoms with van der Waals surface area (Å²) < 4.78 is 6.62. The second-order valence-corrected chi connectivity index (χ2v) is 8.69. The minimum atomic E-state index is -0.223. The van der Waals surface area contributed by atoms with Crippen molar-refractivity contribution >= 4 is 39.8 Å². The minimum Gasteiger partial charge on any atom is -0.385 e. The van der Waals surface area contributed by atoms with Gasteiger partial charge in [0.25, 0.3) is 5.91 Å². The molecule has 3 rings (SSSR count). The van der Waals surface area contributed by atoms with E-state index in [-0.39, 0.29) is 18.4 Å². The lowest BCUT2D eigenvalue weighted by Gasteiger charge is -2.13. The van der Waals surface area contributed by atoms with Gasteiger partial charge in [0.15, 0.2) is 0 Å². The summed E-state index contributed by atoms with van der Waals surface area (Å²) in [6.07, 6.45) is 4.74. The molecule has 0 unspecified atom stereocenters. The van der Waals surface area contributed by atoms with Crippen molar-refractivity contribution in [1.82, 2.24) is 15.1 Å². The van der Waals surface area contributed by atoms with E-state index in [1.807, 2.05) is 13.8 Å². The van der Waals surface area contributed by atoms with Crippen LogP contribution in [-0.2, 0) is 28.9 Å². The first-order chi connectivity index (χ1) is 13.9. The van der Waals surface area contributed by atoms with Crippen molar-refractivity contribution in [2.75, 3.05) is 25.6 Å². The predicted molar refractivity (Wildman–Crippen MR) is 115 cm³/mol. The van der Waals surface area contributed by atoms with Crippen LogP contribution in [-0.4, -0.2) is 41.9 Å². The Morgan fingerprint density at radius 1 is 1.28 bits per heavy atom. The first kappa shape index (κ1) is 21.8. The minimum absolute atomic E-state index is 0.0524. The van der Waals surface area contributed by atoms with Gasteiger partial charge in [0.05, 0.1) is 22.0 Å². The van der Waals surface area contributed by atoms with Crippen molar-refractivity contribution in [3.63, 3.8) is 0 Å². The standard InChI is InChI=1S/C20H27ClN4O3S/c1-12-18(21)13(2)25(24-12)11-16(26)23-20-17(19(27)22-9-6-10-28-3)14-7-4-5-8-15(14)29-20/h4-11H2,1-3H3,(H,22,27)(H,23,26). The number of rotatable bonds is 8. The Hall–Kier alpha value is -1.90. The molecule has 2 aromatic rings. The Morgan fingerprint density at radius 2 is 2.03 bits per heavy atom. The molecule has 0 bridgehead atoms. The molecule has 2 aromatic heterocycles. The number of methoxy groups -OCH3 is 1. The number of hydrogen-bond acceptors (Lipinski definition) is 5. The molecule has 1 aliphatic rings. The third-order valence-corrected chi connectivity index (χ3v) is 6.80. The molecule has 0 saturated heterocycles. The topological polar surface area (TPSA) is 85.3 Å². The summed E-state index contributed by atoms with van der Waals surface area (Å²) in [5.41, 5.74) is 3.14. The van der Waals surface area contributed by atoms with Gasteiger partial charge in [0.2, 0.25) is 5.91 Å². The second-order valence-electron chi connectivity index (χ2n) is 7.21. The number of aryl methyl sites for hydroxylation is 2. The van der Waals surface area contributed by atoms with E-state index in [2.05, 4.69) is 15.7 Å². The largest absolute Gasteiger partial charge is 0.385 e. The smallest absolute Gasteiger partial charge is 0.254 e. The van der Waals surface area contributed by atoms with E-state index >= 15 is 0 Å². The van der Waals surface area contributed by atoms with Crippen LogP contribution in [0.1, 0.15) is 51.4 Å². The number of carbonyl (C=O) groups excluding carboxylic acids is 2. The van der Waals surface area contributed by atoms with Crippen LogP contribution in [0.2, 0.25) is 5.02 Å². The lowest BCUT2D eigenvalue weighted by molar-refractivity contribution is -0.116. The van der Waals surface area contributed by atoms with Crippen LogP contribution in [0.25, 0.3) is 0 Å². The summed E-state index contributed by atoms with van der Waals surface area (Å²) in [5.74, 6) is -0.357. The molecule has 0 atom stereocenters. The van der Waals surface area contributed by atoms with Gasteiger partial charge >= 0.3 is 0 Å². The Bertz CT molecular complexity index is 906. The molecule has 0 aromatic carbocycles. The molecule has 0 aliphatic heterocycles. The van der Waals surface area contributed by atoms with Crippen molar-refractivity contribution in [2.45, 2.75) is 52.5 Å². The molecule has 1 aliphatic carbocycles. The molecule has 29 heavy (non-hydrogen) atoms. The van der Waals surface area contributed by atoms with E-state index in [0.29, 0.717) is 34.4 Å². The summed E-state index contributed by atoms with van der Waals surface area (Å²) in [6, 6.07) is 0. The molecular weight excluding hydrogens is 412 g/mol. The van der Waals surface area contributed by atoms with E-state index in [4.69, 9.17) is 16.3 Å². The van der Waals surface area contributed by atoms with Gasteiger partial charge in [-0.2, -0.15) is 5.10 Å². The van der Waals surface area contributed by atoms with Gasteiger partial charge in [-0.1, -0.05) is 11.6 Å². The van der Waals surface area contributed by atoms with Crippen molar-refractivity contribution in [3.05, 3.63) is 32.4 Å². The molecular formula is C20H27ClN4O3S. The van der Waals surface area contributed by atoms with Crippen molar-refractivity contribution < 1.29 is 14.3 Å². The first-order valence-corrected chi connectivity index (χ1v) is 11.0. The number of nitrogens with zero attached hydrogens (tertiary/aromatic N) is 2. The molecule has 2 amide bonds. The molecule has 9 heteroatoms. The zero-order valence-electron chi connectivity index (χ0n) is 17.1. The predicted octanol–water partition coefficient (Wildman–Crippen LogP) is 3.50. The SMILES string of the molecule is COCCCNC(=O)c1c(NC(=O)Cn2nc(C)c(Cl)c2C)sc2c1CCCC2. The van der Waals surface area contributed by atoms with Crippen LogP contribution in [0.5, 0.6) is 0 Å². The number of amides is 2. The number of aromatic nitrogens is 2. The van der Waals surface area contributed by atoms with Gasteiger partial charge in [-0.05, 0) is 51.5 Å². The fraction of sp³-hybridized carbons (Fsp3) is 0.550. The maximum atomic E-state index is 12.9. The van der Waals surface area contributed by atoms with Crippen molar-refractivity contribution in [3.8, 4) is 0 Å². The Kier molecular flexibility index (Phi) is 7.32. The van der Waals surface area contributed by atoms with Crippen LogP contribution >= 0.6 is 22.9 Å². The molecule has 0 spiro atoms. The Morgan fingerprint density at radius 3 is 2.72 bits per heavy atom. The van der Waals surface area contributed by atoms with Crippen LogP contribution in [0.15, 0.2) is 0 Å². The molecule has 0 saturated carbocycles. The molecule has 7 nitrogen and oxygen atoms in total. The quantitative estimate of drug-likeness (QED) is 0.617. The average Bonchev–Trinajstić information content (AvgIpc) is 3.17. The fourth-order valence-electron chi connectivity index (χ4n) is 3.53. The van der Waals surface area contributed by atoms with Crippen molar-refractivity contribution in [1.29, 1.82) is 0 Å². The molecule has 158 valence electrons. The zero-order valence-corrected chi connectivity index (χ0v) is 18.6. The van der Waals surface area contributed by atoms with E-state index in [0.717, 1.165) is 43.4 Å². The maximum Gasteiger partial charge on any atom is 0.254 e. The average molecular weight is 439 g/mol. The monoisotopic (exact) mass is 438 g/mol. The van der Waals surface area contributed by atoms with Gasteiger partial charge in [-0.15, -0.1) is 11.3 Å². The molecule has 0 radical (unpaired) electrons. The zero-order chi connectivity index (χ0) is 21.0. The highest BCUT2D eigenvalue weighted by Crippen LogP contribution is 2.38. The number of thiophene rings is 1.